The van der Waals surface area contributed by atoms with E-state index in [2.05, 4.69) is 36.4 Å². The molecule has 0 radical (unpaired) electrons. The summed E-state index contributed by atoms with van der Waals surface area (Å²) in [4.78, 5) is 31.6. The van der Waals surface area contributed by atoms with Crippen LogP contribution in [0.25, 0.3) is 0 Å². The molecule has 6 nitrogen and oxygen atoms in total. The molecule has 0 aliphatic carbocycles. The maximum absolute atomic E-state index is 12.9. The summed E-state index contributed by atoms with van der Waals surface area (Å²) in [5.74, 6) is -0.144. The second-order valence-corrected chi connectivity index (χ2v) is 8.71. The second-order valence-electron chi connectivity index (χ2n) is 7.80. The summed E-state index contributed by atoms with van der Waals surface area (Å²) in [5.41, 5.74) is 3.26. The van der Waals surface area contributed by atoms with Crippen LogP contribution in [-0.2, 0) is 6.54 Å². The molecule has 1 aromatic heterocycles. The SMILES string of the molecule is O=C(NC1CCN(c2ccccc2C(=O)NCc2ccncc2)CC1)c1ccc(Br)cc1. The highest BCUT2D eigenvalue weighted by Crippen LogP contribution is 2.24. The third kappa shape index (κ3) is 5.53. The first-order valence-electron chi connectivity index (χ1n) is 10.7. The highest BCUT2D eigenvalue weighted by Gasteiger charge is 2.24. The standard InChI is InChI=1S/C25H25BrN4O2/c26-20-7-5-19(6-8-20)24(31)29-21-11-15-30(16-12-21)23-4-2-1-3-22(23)25(32)28-17-18-9-13-27-14-10-18/h1-10,13-14,21H,11-12,15-17H2,(H,28,32)(H,29,31). The molecule has 1 aliphatic heterocycles. The number of carbonyl (C=O) groups is 2. The van der Waals surface area contributed by atoms with Crippen LogP contribution in [0.2, 0.25) is 0 Å². The summed E-state index contributed by atoms with van der Waals surface area (Å²) in [6.45, 7) is 2.01. The van der Waals surface area contributed by atoms with Crippen molar-refractivity contribution in [3.63, 3.8) is 0 Å². The van der Waals surface area contributed by atoms with Gasteiger partial charge >= 0.3 is 0 Å². The number of nitrogens with zero attached hydrogens (tertiary/aromatic N) is 2. The summed E-state index contributed by atoms with van der Waals surface area (Å²) < 4.78 is 0.950. The average molecular weight is 493 g/mol. The topological polar surface area (TPSA) is 74.3 Å². The van der Waals surface area contributed by atoms with Gasteiger partial charge in [-0.25, -0.2) is 0 Å². The molecular weight excluding hydrogens is 468 g/mol. The van der Waals surface area contributed by atoms with E-state index in [9.17, 15) is 9.59 Å². The van der Waals surface area contributed by atoms with Gasteiger partial charge in [0, 0.05) is 53.8 Å². The number of carbonyl (C=O) groups excluding carboxylic acids is 2. The van der Waals surface area contributed by atoms with E-state index < -0.39 is 0 Å². The molecule has 32 heavy (non-hydrogen) atoms. The minimum atomic E-state index is -0.0944. The average Bonchev–Trinajstić information content (AvgIpc) is 2.84. The first-order valence-corrected chi connectivity index (χ1v) is 11.5. The van der Waals surface area contributed by atoms with Crippen molar-refractivity contribution in [2.24, 2.45) is 0 Å². The van der Waals surface area contributed by atoms with E-state index in [4.69, 9.17) is 0 Å². The van der Waals surface area contributed by atoms with Crippen LogP contribution in [0.15, 0.2) is 77.5 Å². The fourth-order valence-corrected chi connectivity index (χ4v) is 4.12. The van der Waals surface area contributed by atoms with Gasteiger partial charge in [0.05, 0.1) is 5.56 Å². The Hall–Kier alpha value is -3.19. The molecule has 164 valence electrons. The van der Waals surface area contributed by atoms with Crippen molar-refractivity contribution in [2.75, 3.05) is 18.0 Å². The molecule has 1 saturated heterocycles. The van der Waals surface area contributed by atoms with Crippen molar-refractivity contribution >= 4 is 33.4 Å². The zero-order valence-corrected chi connectivity index (χ0v) is 19.2. The quantitative estimate of drug-likeness (QED) is 0.541. The summed E-state index contributed by atoms with van der Waals surface area (Å²) in [6.07, 6.45) is 5.09. The number of rotatable bonds is 6. The summed E-state index contributed by atoms with van der Waals surface area (Å²) in [7, 11) is 0. The van der Waals surface area contributed by atoms with Crippen LogP contribution in [0.3, 0.4) is 0 Å². The number of halogens is 1. The predicted molar refractivity (Wildman–Crippen MR) is 129 cm³/mol. The van der Waals surface area contributed by atoms with Crippen molar-refractivity contribution in [1.29, 1.82) is 0 Å². The number of amides is 2. The third-order valence-corrected chi connectivity index (χ3v) is 6.16. The van der Waals surface area contributed by atoms with Crippen LogP contribution >= 0.6 is 15.9 Å². The van der Waals surface area contributed by atoms with Crippen molar-refractivity contribution in [3.8, 4) is 0 Å². The molecule has 0 bridgehead atoms. The maximum Gasteiger partial charge on any atom is 0.253 e. The highest BCUT2D eigenvalue weighted by atomic mass is 79.9. The molecule has 2 N–H and O–H groups in total. The van der Waals surface area contributed by atoms with Gasteiger partial charge in [-0.15, -0.1) is 0 Å². The fraction of sp³-hybridized carbons (Fsp3) is 0.240. The van der Waals surface area contributed by atoms with Crippen molar-refractivity contribution in [2.45, 2.75) is 25.4 Å². The molecule has 1 aliphatic rings. The molecule has 2 aromatic carbocycles. The number of piperidine rings is 1. The van der Waals surface area contributed by atoms with Gasteiger partial charge in [-0.05, 0) is 66.9 Å². The molecule has 2 amide bonds. The Morgan fingerprint density at radius 2 is 1.62 bits per heavy atom. The van der Waals surface area contributed by atoms with Crippen LogP contribution in [-0.4, -0.2) is 35.9 Å². The molecule has 0 spiro atoms. The lowest BCUT2D eigenvalue weighted by Crippen LogP contribution is -2.45. The molecule has 0 atom stereocenters. The van der Waals surface area contributed by atoms with E-state index in [0.29, 0.717) is 17.7 Å². The zero-order chi connectivity index (χ0) is 22.3. The van der Waals surface area contributed by atoms with E-state index in [0.717, 1.165) is 41.7 Å². The number of anilines is 1. The summed E-state index contributed by atoms with van der Waals surface area (Å²) in [6, 6.07) is 19.0. The lowest BCUT2D eigenvalue weighted by atomic mass is 10.0. The summed E-state index contributed by atoms with van der Waals surface area (Å²) in [5, 5.41) is 6.14. The minimum absolute atomic E-state index is 0.0492. The Kier molecular flexibility index (Phi) is 7.17. The van der Waals surface area contributed by atoms with Gasteiger partial charge in [0.15, 0.2) is 0 Å². The largest absolute Gasteiger partial charge is 0.371 e. The fourth-order valence-electron chi connectivity index (χ4n) is 3.85. The molecular formula is C25H25BrN4O2. The Bertz CT molecular complexity index is 1060. The van der Waals surface area contributed by atoms with Crippen LogP contribution in [0.4, 0.5) is 5.69 Å². The van der Waals surface area contributed by atoms with Gasteiger partial charge in [-0.3, -0.25) is 14.6 Å². The number of para-hydroxylation sites is 1. The Morgan fingerprint density at radius 3 is 2.34 bits per heavy atom. The number of nitrogens with one attached hydrogen (secondary N) is 2. The summed E-state index contributed by atoms with van der Waals surface area (Å²) >= 11 is 3.39. The van der Waals surface area contributed by atoms with E-state index in [1.54, 1.807) is 12.4 Å². The van der Waals surface area contributed by atoms with Crippen molar-refractivity contribution < 1.29 is 9.59 Å². The molecule has 4 rings (SSSR count). The Morgan fingerprint density at radius 1 is 0.938 bits per heavy atom. The third-order valence-electron chi connectivity index (χ3n) is 5.63. The molecule has 3 aromatic rings. The molecule has 1 fully saturated rings. The Balaban J connectivity index is 1.35. The first-order chi connectivity index (χ1) is 15.6. The minimum Gasteiger partial charge on any atom is -0.371 e. The number of hydrogen-bond donors (Lipinski definition) is 2. The maximum atomic E-state index is 12.9. The predicted octanol–water partition coefficient (Wildman–Crippen LogP) is 4.17. The van der Waals surface area contributed by atoms with Crippen molar-refractivity contribution in [1.82, 2.24) is 15.6 Å². The Labute approximate surface area is 196 Å². The van der Waals surface area contributed by atoms with Gasteiger partial charge in [0.25, 0.3) is 11.8 Å². The van der Waals surface area contributed by atoms with Crippen LogP contribution < -0.4 is 15.5 Å². The number of pyridine rings is 1. The van der Waals surface area contributed by atoms with E-state index >= 15 is 0 Å². The van der Waals surface area contributed by atoms with E-state index in [-0.39, 0.29) is 17.9 Å². The van der Waals surface area contributed by atoms with Gasteiger partial charge in [-0.2, -0.15) is 0 Å². The van der Waals surface area contributed by atoms with Crippen LogP contribution in [0.5, 0.6) is 0 Å². The zero-order valence-electron chi connectivity index (χ0n) is 17.6. The number of benzene rings is 2. The molecule has 0 saturated carbocycles. The van der Waals surface area contributed by atoms with Gasteiger partial charge in [-0.1, -0.05) is 28.1 Å². The highest BCUT2D eigenvalue weighted by molar-refractivity contribution is 9.10. The first kappa shape index (κ1) is 22.0. The number of aromatic nitrogens is 1. The normalized spacial score (nSPS) is 14.1. The lowest BCUT2D eigenvalue weighted by Gasteiger charge is -2.35. The van der Waals surface area contributed by atoms with Crippen LogP contribution in [0, 0.1) is 0 Å². The van der Waals surface area contributed by atoms with Gasteiger partial charge in [0.1, 0.15) is 0 Å². The number of hydrogen-bond acceptors (Lipinski definition) is 4. The second kappa shape index (κ2) is 10.4. The molecule has 7 heteroatoms. The smallest absolute Gasteiger partial charge is 0.253 e. The molecule has 2 heterocycles. The van der Waals surface area contributed by atoms with E-state index in [1.807, 2.05) is 60.7 Å². The van der Waals surface area contributed by atoms with Crippen LogP contribution in [0.1, 0.15) is 39.1 Å². The van der Waals surface area contributed by atoms with Gasteiger partial charge < -0.3 is 15.5 Å². The van der Waals surface area contributed by atoms with Gasteiger partial charge in [0.2, 0.25) is 0 Å². The molecule has 0 unspecified atom stereocenters. The van der Waals surface area contributed by atoms with E-state index in [1.165, 1.54) is 0 Å². The van der Waals surface area contributed by atoms with Crippen molar-refractivity contribution in [3.05, 3.63) is 94.2 Å². The lowest BCUT2D eigenvalue weighted by molar-refractivity contribution is 0.0929. The monoisotopic (exact) mass is 492 g/mol.